The summed E-state index contributed by atoms with van der Waals surface area (Å²) in [6, 6.07) is 9.67. The van der Waals surface area contributed by atoms with E-state index >= 15 is 0 Å². The molecular formula is C14H14F3NOS. The van der Waals surface area contributed by atoms with Crippen LogP contribution in [0, 0.1) is 0 Å². The van der Waals surface area contributed by atoms with Crippen molar-refractivity contribution in [3.8, 4) is 5.75 Å². The van der Waals surface area contributed by atoms with Crippen LogP contribution in [0.1, 0.15) is 23.4 Å². The Labute approximate surface area is 119 Å². The topological polar surface area (TPSA) is 21.3 Å². The van der Waals surface area contributed by atoms with Crippen LogP contribution in [-0.4, -0.2) is 12.9 Å². The lowest BCUT2D eigenvalue weighted by Gasteiger charge is -2.21. The molecule has 108 valence electrons. The summed E-state index contributed by atoms with van der Waals surface area (Å²) in [6.07, 6.45) is -4.69. The lowest BCUT2D eigenvalue weighted by Crippen LogP contribution is -2.24. The van der Waals surface area contributed by atoms with Gasteiger partial charge in [0, 0.05) is 10.4 Å². The molecule has 1 atom stereocenters. The van der Waals surface area contributed by atoms with Crippen LogP contribution >= 0.6 is 11.3 Å². The summed E-state index contributed by atoms with van der Waals surface area (Å²) in [6.45, 7) is 2.55. The number of para-hydroxylation sites is 1. The highest BCUT2D eigenvalue weighted by Crippen LogP contribution is 2.34. The minimum atomic E-state index is -4.69. The maximum Gasteiger partial charge on any atom is 0.573 e. The fourth-order valence-corrected chi connectivity index (χ4v) is 2.78. The van der Waals surface area contributed by atoms with Gasteiger partial charge in [0.25, 0.3) is 0 Å². The first-order valence-electron chi connectivity index (χ1n) is 6.12. The van der Waals surface area contributed by atoms with Gasteiger partial charge < -0.3 is 10.1 Å². The van der Waals surface area contributed by atoms with Gasteiger partial charge >= 0.3 is 6.36 Å². The number of rotatable bonds is 5. The highest BCUT2D eigenvalue weighted by atomic mass is 32.1. The normalized spacial score (nSPS) is 13.2. The van der Waals surface area contributed by atoms with Crippen LogP contribution in [0.25, 0.3) is 0 Å². The molecule has 0 aliphatic heterocycles. The second-order valence-electron chi connectivity index (χ2n) is 4.09. The van der Waals surface area contributed by atoms with E-state index in [9.17, 15) is 13.2 Å². The van der Waals surface area contributed by atoms with Gasteiger partial charge in [0.1, 0.15) is 5.75 Å². The Bertz CT molecular complexity index is 540. The molecule has 0 aliphatic rings. The molecule has 6 heteroatoms. The summed E-state index contributed by atoms with van der Waals surface area (Å²) in [7, 11) is 0. The van der Waals surface area contributed by atoms with Gasteiger partial charge in [-0.3, -0.25) is 0 Å². The molecule has 2 nitrogen and oxygen atoms in total. The Morgan fingerprint density at radius 2 is 1.95 bits per heavy atom. The molecule has 2 rings (SSSR count). The first-order valence-corrected chi connectivity index (χ1v) is 7.00. The first-order chi connectivity index (χ1) is 9.51. The van der Waals surface area contributed by atoms with Crippen LogP contribution in [0.15, 0.2) is 41.8 Å². The summed E-state index contributed by atoms with van der Waals surface area (Å²) >= 11 is 1.49. The summed E-state index contributed by atoms with van der Waals surface area (Å²) in [5, 5.41) is 5.09. The molecule has 0 spiro atoms. The van der Waals surface area contributed by atoms with Crippen LogP contribution in [0.3, 0.4) is 0 Å². The number of halogens is 3. The van der Waals surface area contributed by atoms with E-state index in [4.69, 9.17) is 0 Å². The Balaban J connectivity index is 2.38. The van der Waals surface area contributed by atoms with Crippen LogP contribution in [-0.2, 0) is 0 Å². The third-order valence-electron chi connectivity index (χ3n) is 2.69. The Hall–Kier alpha value is -1.53. The lowest BCUT2D eigenvalue weighted by molar-refractivity contribution is -0.275. The molecule has 2 aromatic rings. The Kier molecular flexibility index (Phi) is 4.67. The van der Waals surface area contributed by atoms with Crippen molar-refractivity contribution >= 4 is 11.3 Å². The summed E-state index contributed by atoms with van der Waals surface area (Å²) in [5.74, 6) is -0.167. The summed E-state index contributed by atoms with van der Waals surface area (Å²) in [4.78, 5) is 0.949. The van der Waals surface area contributed by atoms with E-state index in [2.05, 4.69) is 10.1 Å². The van der Waals surface area contributed by atoms with Crippen molar-refractivity contribution in [1.29, 1.82) is 0 Å². The fourth-order valence-electron chi connectivity index (χ4n) is 1.96. The summed E-state index contributed by atoms with van der Waals surface area (Å²) in [5.41, 5.74) is 0.481. The van der Waals surface area contributed by atoms with Gasteiger partial charge in [-0.05, 0) is 24.1 Å². The molecule has 0 amide bonds. The van der Waals surface area contributed by atoms with Gasteiger partial charge in [-0.2, -0.15) is 0 Å². The van der Waals surface area contributed by atoms with Gasteiger partial charge in [-0.15, -0.1) is 24.5 Å². The average molecular weight is 301 g/mol. The molecule has 1 aromatic carbocycles. The minimum absolute atomic E-state index is 0.167. The number of hydrogen-bond acceptors (Lipinski definition) is 3. The van der Waals surface area contributed by atoms with Crippen molar-refractivity contribution in [2.24, 2.45) is 0 Å². The standard InChI is InChI=1S/C14H14F3NOS/c1-2-18-13(12-8-5-9-20-12)10-6-3-4-7-11(10)19-14(15,16)17/h3-9,13,18H,2H2,1H3. The molecule has 1 heterocycles. The number of benzene rings is 1. The highest BCUT2D eigenvalue weighted by molar-refractivity contribution is 7.10. The number of nitrogens with one attached hydrogen (secondary N) is 1. The van der Waals surface area contributed by atoms with Gasteiger partial charge in [-0.25, -0.2) is 0 Å². The molecule has 0 bridgehead atoms. The monoisotopic (exact) mass is 301 g/mol. The maximum absolute atomic E-state index is 12.5. The van der Waals surface area contributed by atoms with E-state index in [0.717, 1.165) is 4.88 Å². The maximum atomic E-state index is 12.5. The van der Waals surface area contributed by atoms with Crippen molar-refractivity contribution in [3.05, 3.63) is 52.2 Å². The van der Waals surface area contributed by atoms with E-state index in [-0.39, 0.29) is 11.8 Å². The summed E-state index contributed by atoms with van der Waals surface area (Å²) < 4.78 is 41.5. The average Bonchev–Trinajstić information content (AvgIpc) is 2.89. The SMILES string of the molecule is CCNC(c1cccs1)c1ccccc1OC(F)(F)F. The Morgan fingerprint density at radius 3 is 2.55 bits per heavy atom. The number of ether oxygens (including phenoxy) is 1. The smallest absolute Gasteiger partial charge is 0.405 e. The van der Waals surface area contributed by atoms with Crippen LogP contribution in [0.2, 0.25) is 0 Å². The van der Waals surface area contributed by atoms with Crippen molar-refractivity contribution < 1.29 is 17.9 Å². The predicted octanol–water partition coefficient (Wildman–Crippen LogP) is 4.35. The van der Waals surface area contributed by atoms with Gasteiger partial charge in [0.15, 0.2) is 0 Å². The molecule has 20 heavy (non-hydrogen) atoms. The minimum Gasteiger partial charge on any atom is -0.405 e. The van der Waals surface area contributed by atoms with Crippen molar-refractivity contribution in [3.63, 3.8) is 0 Å². The van der Waals surface area contributed by atoms with Gasteiger partial charge in [0.05, 0.1) is 6.04 Å². The van der Waals surface area contributed by atoms with Crippen molar-refractivity contribution in [1.82, 2.24) is 5.32 Å². The number of hydrogen-bond donors (Lipinski definition) is 1. The third kappa shape index (κ3) is 3.74. The molecule has 0 saturated heterocycles. The van der Waals surface area contributed by atoms with E-state index < -0.39 is 6.36 Å². The zero-order chi connectivity index (χ0) is 14.6. The van der Waals surface area contributed by atoms with Crippen LogP contribution in [0.5, 0.6) is 5.75 Å². The van der Waals surface area contributed by atoms with Crippen molar-refractivity contribution in [2.45, 2.75) is 19.3 Å². The zero-order valence-corrected chi connectivity index (χ0v) is 11.6. The quantitative estimate of drug-likeness (QED) is 0.886. The zero-order valence-electron chi connectivity index (χ0n) is 10.8. The molecule has 1 N–H and O–H groups in total. The fraction of sp³-hybridized carbons (Fsp3) is 0.286. The van der Waals surface area contributed by atoms with Crippen LogP contribution < -0.4 is 10.1 Å². The predicted molar refractivity (Wildman–Crippen MR) is 73.0 cm³/mol. The molecule has 0 radical (unpaired) electrons. The molecule has 0 saturated carbocycles. The van der Waals surface area contributed by atoms with E-state index in [1.54, 1.807) is 12.1 Å². The third-order valence-corrected chi connectivity index (χ3v) is 3.63. The van der Waals surface area contributed by atoms with Gasteiger partial charge in [0.2, 0.25) is 0 Å². The second kappa shape index (κ2) is 6.28. The van der Waals surface area contributed by atoms with E-state index in [1.165, 1.54) is 23.5 Å². The van der Waals surface area contributed by atoms with Crippen LogP contribution in [0.4, 0.5) is 13.2 Å². The van der Waals surface area contributed by atoms with E-state index in [1.807, 2.05) is 24.4 Å². The first kappa shape index (κ1) is 14.9. The molecular weight excluding hydrogens is 287 g/mol. The van der Waals surface area contributed by atoms with Crippen molar-refractivity contribution in [2.75, 3.05) is 6.54 Å². The van der Waals surface area contributed by atoms with E-state index in [0.29, 0.717) is 12.1 Å². The Morgan fingerprint density at radius 1 is 1.20 bits per heavy atom. The molecule has 0 aliphatic carbocycles. The van der Waals surface area contributed by atoms with Gasteiger partial charge in [-0.1, -0.05) is 31.2 Å². The molecule has 0 fully saturated rings. The lowest BCUT2D eigenvalue weighted by atomic mass is 10.0. The second-order valence-corrected chi connectivity index (χ2v) is 5.07. The highest BCUT2D eigenvalue weighted by Gasteiger charge is 2.33. The number of thiophene rings is 1. The molecule has 1 aromatic heterocycles. The number of alkyl halides is 3. The molecule has 1 unspecified atom stereocenters. The largest absolute Gasteiger partial charge is 0.573 e.